The Bertz CT molecular complexity index is 448. The Kier molecular flexibility index (Phi) is 6.29. The molecule has 0 aromatic heterocycles. The first-order valence-electron chi connectivity index (χ1n) is 6.46. The zero-order valence-corrected chi connectivity index (χ0v) is 12.2. The van der Waals surface area contributed by atoms with E-state index < -0.39 is 0 Å². The molecule has 4 nitrogen and oxygen atoms in total. The van der Waals surface area contributed by atoms with Crippen LogP contribution in [-0.4, -0.2) is 23.5 Å². The smallest absolute Gasteiger partial charge is 0.221 e. The van der Waals surface area contributed by atoms with Gasteiger partial charge in [0.2, 0.25) is 5.91 Å². The second-order valence-electron chi connectivity index (χ2n) is 4.46. The van der Waals surface area contributed by atoms with Gasteiger partial charge in [-0.2, -0.15) is 0 Å². The molecular weight excluding hydrogens is 258 g/mol. The molecule has 1 aromatic carbocycles. The zero-order valence-electron chi connectivity index (χ0n) is 11.4. The lowest BCUT2D eigenvalue weighted by Gasteiger charge is -2.13. The van der Waals surface area contributed by atoms with Crippen LogP contribution >= 0.6 is 12.2 Å². The third kappa shape index (κ3) is 5.26. The Balaban J connectivity index is 2.45. The molecule has 1 amide bonds. The lowest BCUT2D eigenvalue weighted by atomic mass is 10.1. The van der Waals surface area contributed by atoms with E-state index in [1.807, 2.05) is 38.1 Å². The van der Waals surface area contributed by atoms with Crippen LogP contribution < -0.4 is 16.4 Å². The summed E-state index contributed by atoms with van der Waals surface area (Å²) >= 11 is 4.98. The normalized spacial score (nSPS) is 11.7. The summed E-state index contributed by atoms with van der Waals surface area (Å²) in [5, 5.41) is 6.11. The second-order valence-corrected chi connectivity index (χ2v) is 4.90. The molecule has 104 valence electrons. The topological polar surface area (TPSA) is 67.2 Å². The molecule has 0 spiro atoms. The van der Waals surface area contributed by atoms with Gasteiger partial charge in [0.25, 0.3) is 0 Å². The van der Waals surface area contributed by atoms with E-state index in [-0.39, 0.29) is 11.9 Å². The standard InChI is InChI=1S/C14H21N3OS/c1-3-10(2)17-13(18)8-9-16-12-7-5-4-6-11(12)14(15)19/h4-7,10,16H,3,8-9H2,1-2H3,(H2,15,19)(H,17,18). The molecular formula is C14H21N3OS. The van der Waals surface area contributed by atoms with Gasteiger partial charge in [-0.05, 0) is 25.5 Å². The minimum Gasteiger partial charge on any atom is -0.389 e. The first-order valence-corrected chi connectivity index (χ1v) is 6.87. The molecule has 0 saturated carbocycles. The lowest BCUT2D eigenvalue weighted by Crippen LogP contribution is -2.33. The molecule has 1 atom stereocenters. The highest BCUT2D eigenvalue weighted by Crippen LogP contribution is 2.14. The molecule has 0 bridgehead atoms. The summed E-state index contributed by atoms with van der Waals surface area (Å²) in [6.07, 6.45) is 1.36. The number of anilines is 1. The van der Waals surface area contributed by atoms with Gasteiger partial charge in [-0.15, -0.1) is 0 Å². The first kappa shape index (κ1) is 15.4. The number of thiocarbonyl (C=S) groups is 1. The predicted octanol–water partition coefficient (Wildman–Crippen LogP) is 2.04. The molecule has 1 unspecified atom stereocenters. The number of hydrogen-bond acceptors (Lipinski definition) is 3. The van der Waals surface area contributed by atoms with E-state index in [0.29, 0.717) is 18.0 Å². The second kappa shape index (κ2) is 7.74. The van der Waals surface area contributed by atoms with E-state index in [0.717, 1.165) is 17.7 Å². The Labute approximate surface area is 119 Å². The van der Waals surface area contributed by atoms with Crippen LogP contribution in [0.1, 0.15) is 32.3 Å². The summed E-state index contributed by atoms with van der Waals surface area (Å²) in [4.78, 5) is 12.0. The Morgan fingerprint density at radius 1 is 1.42 bits per heavy atom. The SMILES string of the molecule is CCC(C)NC(=O)CCNc1ccccc1C(N)=S. The summed E-state index contributed by atoms with van der Waals surface area (Å²) < 4.78 is 0. The number of para-hydroxylation sites is 1. The van der Waals surface area contributed by atoms with E-state index in [2.05, 4.69) is 10.6 Å². The molecule has 0 aliphatic carbocycles. The van der Waals surface area contributed by atoms with Crippen molar-refractivity contribution >= 4 is 28.8 Å². The van der Waals surface area contributed by atoms with Gasteiger partial charge in [-0.3, -0.25) is 4.79 Å². The molecule has 0 radical (unpaired) electrons. The molecule has 0 saturated heterocycles. The first-order chi connectivity index (χ1) is 9.04. The number of benzene rings is 1. The van der Waals surface area contributed by atoms with Crippen molar-refractivity contribution in [3.8, 4) is 0 Å². The largest absolute Gasteiger partial charge is 0.389 e. The number of carbonyl (C=O) groups is 1. The maximum Gasteiger partial charge on any atom is 0.221 e. The average molecular weight is 279 g/mol. The minimum atomic E-state index is 0.0506. The van der Waals surface area contributed by atoms with Crippen LogP contribution in [0.25, 0.3) is 0 Å². The number of rotatable bonds is 7. The van der Waals surface area contributed by atoms with Crippen molar-refractivity contribution < 1.29 is 4.79 Å². The quantitative estimate of drug-likeness (QED) is 0.668. The molecule has 0 aliphatic rings. The van der Waals surface area contributed by atoms with E-state index in [9.17, 15) is 4.79 Å². The summed E-state index contributed by atoms with van der Waals surface area (Å²) in [7, 11) is 0. The molecule has 1 aromatic rings. The zero-order chi connectivity index (χ0) is 14.3. The third-order valence-corrected chi connectivity index (χ3v) is 3.10. The number of hydrogen-bond donors (Lipinski definition) is 3. The molecule has 0 heterocycles. The van der Waals surface area contributed by atoms with Crippen LogP contribution in [-0.2, 0) is 4.79 Å². The van der Waals surface area contributed by atoms with Crippen molar-refractivity contribution in [2.75, 3.05) is 11.9 Å². The maximum atomic E-state index is 11.6. The van der Waals surface area contributed by atoms with E-state index in [1.165, 1.54) is 0 Å². The van der Waals surface area contributed by atoms with Crippen LogP contribution in [0.5, 0.6) is 0 Å². The molecule has 5 heteroatoms. The number of nitrogens with one attached hydrogen (secondary N) is 2. The fourth-order valence-corrected chi connectivity index (χ4v) is 1.79. The van der Waals surface area contributed by atoms with Gasteiger partial charge >= 0.3 is 0 Å². The average Bonchev–Trinajstić information content (AvgIpc) is 2.38. The number of nitrogens with two attached hydrogens (primary N) is 1. The van der Waals surface area contributed by atoms with Crippen molar-refractivity contribution in [3.05, 3.63) is 29.8 Å². The van der Waals surface area contributed by atoms with Crippen LogP contribution in [0, 0.1) is 0 Å². The van der Waals surface area contributed by atoms with E-state index in [4.69, 9.17) is 18.0 Å². The van der Waals surface area contributed by atoms with E-state index >= 15 is 0 Å². The van der Waals surface area contributed by atoms with Crippen LogP contribution in [0.15, 0.2) is 24.3 Å². The summed E-state index contributed by atoms with van der Waals surface area (Å²) in [5.74, 6) is 0.0506. The number of carbonyl (C=O) groups excluding carboxylic acids is 1. The highest BCUT2D eigenvalue weighted by atomic mass is 32.1. The van der Waals surface area contributed by atoms with E-state index in [1.54, 1.807) is 0 Å². The minimum absolute atomic E-state index is 0.0506. The molecule has 0 fully saturated rings. The highest BCUT2D eigenvalue weighted by molar-refractivity contribution is 7.80. The number of amides is 1. The van der Waals surface area contributed by atoms with Gasteiger partial charge < -0.3 is 16.4 Å². The summed E-state index contributed by atoms with van der Waals surface area (Å²) in [6, 6.07) is 7.78. The fraction of sp³-hybridized carbons (Fsp3) is 0.429. The Morgan fingerprint density at radius 2 is 2.11 bits per heavy atom. The molecule has 0 aliphatic heterocycles. The van der Waals surface area contributed by atoms with Gasteiger partial charge in [-0.1, -0.05) is 31.3 Å². The molecule has 1 rings (SSSR count). The monoisotopic (exact) mass is 279 g/mol. The Morgan fingerprint density at radius 3 is 2.74 bits per heavy atom. The van der Waals surface area contributed by atoms with Gasteiger partial charge in [0.1, 0.15) is 4.99 Å². The van der Waals surface area contributed by atoms with Crippen LogP contribution in [0.4, 0.5) is 5.69 Å². The van der Waals surface area contributed by atoms with Crippen molar-refractivity contribution in [3.63, 3.8) is 0 Å². The summed E-state index contributed by atoms with van der Waals surface area (Å²) in [5.41, 5.74) is 7.31. The highest BCUT2D eigenvalue weighted by Gasteiger charge is 2.07. The van der Waals surface area contributed by atoms with Crippen molar-refractivity contribution in [2.24, 2.45) is 5.73 Å². The Hall–Kier alpha value is -1.62. The van der Waals surface area contributed by atoms with Crippen molar-refractivity contribution in [1.29, 1.82) is 0 Å². The summed E-state index contributed by atoms with van der Waals surface area (Å²) in [6.45, 7) is 4.59. The lowest BCUT2D eigenvalue weighted by molar-refractivity contribution is -0.121. The molecule has 4 N–H and O–H groups in total. The van der Waals surface area contributed by atoms with Gasteiger partial charge in [0, 0.05) is 30.3 Å². The fourth-order valence-electron chi connectivity index (χ4n) is 1.61. The van der Waals surface area contributed by atoms with Gasteiger partial charge in [-0.25, -0.2) is 0 Å². The third-order valence-electron chi connectivity index (χ3n) is 2.88. The predicted molar refractivity (Wildman–Crippen MR) is 83.3 cm³/mol. The van der Waals surface area contributed by atoms with Gasteiger partial charge in [0.15, 0.2) is 0 Å². The van der Waals surface area contributed by atoms with Crippen molar-refractivity contribution in [2.45, 2.75) is 32.7 Å². The maximum absolute atomic E-state index is 11.6. The van der Waals surface area contributed by atoms with Gasteiger partial charge in [0.05, 0.1) is 0 Å². The molecule has 19 heavy (non-hydrogen) atoms. The van der Waals surface area contributed by atoms with Crippen molar-refractivity contribution in [1.82, 2.24) is 5.32 Å². The van der Waals surface area contributed by atoms with Crippen LogP contribution in [0.2, 0.25) is 0 Å². The van der Waals surface area contributed by atoms with Crippen LogP contribution in [0.3, 0.4) is 0 Å².